The van der Waals surface area contributed by atoms with Crippen molar-refractivity contribution in [2.45, 2.75) is 12.6 Å². The largest absolute Gasteiger partial charge is 0.496 e. The fourth-order valence-corrected chi connectivity index (χ4v) is 2.71. The van der Waals surface area contributed by atoms with Crippen LogP contribution < -0.4 is 10.5 Å². The molecule has 2 N–H and O–H groups in total. The average Bonchev–Trinajstić information content (AvgIpc) is 2.50. The average molecular weight is 306 g/mol. The number of halogens is 1. The van der Waals surface area contributed by atoms with Crippen molar-refractivity contribution in [3.8, 4) is 5.75 Å². The summed E-state index contributed by atoms with van der Waals surface area (Å²) in [6, 6.07) is 9.62. The van der Waals surface area contributed by atoms with E-state index in [4.69, 9.17) is 22.1 Å². The van der Waals surface area contributed by atoms with Crippen LogP contribution in [0.25, 0.3) is 0 Å². The Balaban J connectivity index is 2.27. The van der Waals surface area contributed by atoms with Gasteiger partial charge in [-0.1, -0.05) is 17.7 Å². The lowest BCUT2D eigenvalue weighted by atomic mass is 10.0. The van der Waals surface area contributed by atoms with Gasteiger partial charge in [-0.05, 0) is 36.9 Å². The van der Waals surface area contributed by atoms with Crippen LogP contribution in [0.2, 0.25) is 5.02 Å². The fraction of sp³-hybridized carbons (Fsp3) is 0.312. The zero-order valence-electron chi connectivity index (χ0n) is 12.3. The van der Waals surface area contributed by atoms with Gasteiger partial charge in [0.2, 0.25) is 0 Å². The molecule has 112 valence electrons. The maximum Gasteiger partial charge on any atom is 0.125 e. The van der Waals surface area contributed by atoms with Crippen LogP contribution in [0.1, 0.15) is 17.2 Å². The monoisotopic (exact) mass is 305 g/mol. The number of likely N-dealkylation sites (N-methyl/N-ethyl adjacent to an activating group) is 1. The Morgan fingerprint density at radius 3 is 2.62 bits per heavy atom. The number of aromatic nitrogens is 1. The third kappa shape index (κ3) is 3.73. The Morgan fingerprint density at radius 1 is 1.29 bits per heavy atom. The summed E-state index contributed by atoms with van der Waals surface area (Å²) in [7, 11) is 3.67. The Hall–Kier alpha value is -1.62. The van der Waals surface area contributed by atoms with Crippen molar-refractivity contribution in [1.29, 1.82) is 0 Å². The van der Waals surface area contributed by atoms with E-state index in [-0.39, 0.29) is 6.04 Å². The Kier molecular flexibility index (Phi) is 5.56. The number of hydrogen-bond donors (Lipinski definition) is 1. The standard InChI is InChI=1S/C16H20ClN3O/c1-20(11-12-6-8-19-9-7-12)14(10-18)16-13(17)4-3-5-15(16)21-2/h3-9,14H,10-11,18H2,1-2H3. The summed E-state index contributed by atoms with van der Waals surface area (Å²) in [5.74, 6) is 0.763. The van der Waals surface area contributed by atoms with E-state index >= 15 is 0 Å². The third-order valence-electron chi connectivity index (χ3n) is 3.50. The molecule has 2 rings (SSSR count). The van der Waals surface area contributed by atoms with E-state index in [1.54, 1.807) is 19.5 Å². The second-order valence-corrected chi connectivity index (χ2v) is 5.29. The molecule has 0 saturated carbocycles. The van der Waals surface area contributed by atoms with Gasteiger partial charge >= 0.3 is 0 Å². The minimum atomic E-state index is -0.0122. The van der Waals surface area contributed by atoms with Crippen molar-refractivity contribution < 1.29 is 4.74 Å². The van der Waals surface area contributed by atoms with E-state index in [1.807, 2.05) is 37.4 Å². The molecule has 0 spiro atoms. The van der Waals surface area contributed by atoms with Gasteiger partial charge in [0.15, 0.2) is 0 Å². The SMILES string of the molecule is COc1cccc(Cl)c1C(CN)N(C)Cc1ccncc1. The Labute approximate surface area is 130 Å². The summed E-state index contributed by atoms with van der Waals surface area (Å²) < 4.78 is 5.43. The molecule has 1 aromatic carbocycles. The molecule has 0 aliphatic carbocycles. The first kappa shape index (κ1) is 15.8. The fourth-order valence-electron chi connectivity index (χ4n) is 2.42. The predicted octanol–water partition coefficient (Wildman–Crippen LogP) is 2.88. The molecule has 0 radical (unpaired) electrons. The second kappa shape index (κ2) is 7.41. The van der Waals surface area contributed by atoms with Crippen molar-refractivity contribution in [2.75, 3.05) is 20.7 Å². The van der Waals surface area contributed by atoms with Crippen molar-refractivity contribution in [3.05, 3.63) is 58.9 Å². The molecule has 1 aromatic heterocycles. The van der Waals surface area contributed by atoms with E-state index in [0.29, 0.717) is 11.6 Å². The van der Waals surface area contributed by atoms with Crippen LogP contribution in [0.3, 0.4) is 0 Å². The molecule has 0 fully saturated rings. The lowest BCUT2D eigenvalue weighted by molar-refractivity contribution is 0.236. The highest BCUT2D eigenvalue weighted by molar-refractivity contribution is 6.31. The number of rotatable bonds is 6. The molecule has 5 heteroatoms. The van der Waals surface area contributed by atoms with Gasteiger partial charge in [-0.25, -0.2) is 0 Å². The van der Waals surface area contributed by atoms with Crippen LogP contribution in [0.4, 0.5) is 0 Å². The van der Waals surface area contributed by atoms with Gasteiger partial charge in [-0.2, -0.15) is 0 Å². The van der Waals surface area contributed by atoms with Gasteiger partial charge in [0, 0.05) is 36.1 Å². The summed E-state index contributed by atoms with van der Waals surface area (Å²) in [6.07, 6.45) is 3.58. The molecular weight excluding hydrogens is 286 g/mol. The van der Waals surface area contributed by atoms with Gasteiger partial charge in [0.1, 0.15) is 5.75 Å². The molecule has 0 amide bonds. The maximum absolute atomic E-state index is 6.36. The molecule has 1 heterocycles. The number of ether oxygens (including phenoxy) is 1. The summed E-state index contributed by atoms with van der Waals surface area (Å²) in [5, 5.41) is 0.673. The van der Waals surface area contributed by atoms with E-state index in [0.717, 1.165) is 17.9 Å². The lowest BCUT2D eigenvalue weighted by Gasteiger charge is -2.29. The normalized spacial score (nSPS) is 12.4. The highest BCUT2D eigenvalue weighted by Gasteiger charge is 2.22. The summed E-state index contributed by atoms with van der Waals surface area (Å²) >= 11 is 6.36. The molecule has 0 saturated heterocycles. The summed E-state index contributed by atoms with van der Waals surface area (Å²) in [4.78, 5) is 6.20. The molecule has 1 atom stereocenters. The van der Waals surface area contributed by atoms with E-state index in [2.05, 4.69) is 9.88 Å². The second-order valence-electron chi connectivity index (χ2n) is 4.88. The molecular formula is C16H20ClN3O. The highest BCUT2D eigenvalue weighted by Crippen LogP contribution is 2.34. The van der Waals surface area contributed by atoms with Crippen LogP contribution in [-0.4, -0.2) is 30.6 Å². The number of benzene rings is 1. The molecule has 0 aliphatic rings. The lowest BCUT2D eigenvalue weighted by Crippen LogP contribution is -2.30. The van der Waals surface area contributed by atoms with Crippen molar-refractivity contribution >= 4 is 11.6 Å². The Bertz CT molecular complexity index is 577. The molecule has 0 aliphatic heterocycles. The zero-order chi connectivity index (χ0) is 15.2. The van der Waals surface area contributed by atoms with Crippen LogP contribution >= 0.6 is 11.6 Å². The first-order chi connectivity index (χ1) is 10.2. The highest BCUT2D eigenvalue weighted by atomic mass is 35.5. The minimum absolute atomic E-state index is 0.0122. The molecule has 2 aromatic rings. The van der Waals surface area contributed by atoms with Crippen molar-refractivity contribution in [1.82, 2.24) is 9.88 Å². The topological polar surface area (TPSA) is 51.4 Å². The molecule has 0 bridgehead atoms. The number of methoxy groups -OCH3 is 1. The predicted molar refractivity (Wildman–Crippen MR) is 85.5 cm³/mol. The summed E-state index contributed by atoms with van der Waals surface area (Å²) in [5.41, 5.74) is 8.09. The molecule has 4 nitrogen and oxygen atoms in total. The van der Waals surface area contributed by atoms with Crippen molar-refractivity contribution in [3.63, 3.8) is 0 Å². The van der Waals surface area contributed by atoms with Gasteiger partial charge in [-0.15, -0.1) is 0 Å². The number of hydrogen-bond acceptors (Lipinski definition) is 4. The zero-order valence-corrected chi connectivity index (χ0v) is 13.0. The van der Waals surface area contributed by atoms with Gasteiger partial charge < -0.3 is 10.5 Å². The van der Waals surface area contributed by atoms with Crippen LogP contribution in [-0.2, 0) is 6.54 Å². The number of nitrogens with zero attached hydrogens (tertiary/aromatic N) is 2. The minimum Gasteiger partial charge on any atom is -0.496 e. The van der Waals surface area contributed by atoms with Gasteiger partial charge in [0.25, 0.3) is 0 Å². The maximum atomic E-state index is 6.36. The van der Waals surface area contributed by atoms with E-state index < -0.39 is 0 Å². The first-order valence-electron chi connectivity index (χ1n) is 6.79. The quantitative estimate of drug-likeness (QED) is 0.891. The smallest absolute Gasteiger partial charge is 0.125 e. The van der Waals surface area contributed by atoms with Gasteiger partial charge in [0.05, 0.1) is 13.2 Å². The third-order valence-corrected chi connectivity index (χ3v) is 3.83. The van der Waals surface area contributed by atoms with E-state index in [1.165, 1.54) is 5.56 Å². The van der Waals surface area contributed by atoms with Crippen LogP contribution in [0, 0.1) is 0 Å². The van der Waals surface area contributed by atoms with Crippen LogP contribution in [0.5, 0.6) is 5.75 Å². The number of nitrogens with two attached hydrogens (primary N) is 1. The van der Waals surface area contributed by atoms with Crippen molar-refractivity contribution in [2.24, 2.45) is 5.73 Å². The molecule has 21 heavy (non-hydrogen) atoms. The van der Waals surface area contributed by atoms with Gasteiger partial charge in [-0.3, -0.25) is 9.88 Å². The molecule has 1 unspecified atom stereocenters. The van der Waals surface area contributed by atoms with Crippen LogP contribution in [0.15, 0.2) is 42.7 Å². The first-order valence-corrected chi connectivity index (χ1v) is 7.16. The Morgan fingerprint density at radius 2 is 2.00 bits per heavy atom. The summed E-state index contributed by atoms with van der Waals surface area (Å²) in [6.45, 7) is 1.22. The van der Waals surface area contributed by atoms with E-state index in [9.17, 15) is 0 Å². The number of pyridine rings is 1.